The molecule has 0 amide bonds. The maximum absolute atomic E-state index is 6.27. The smallest absolute Gasteiger partial charge is 0.131 e. The van der Waals surface area contributed by atoms with Gasteiger partial charge in [0.1, 0.15) is 17.3 Å². The summed E-state index contributed by atoms with van der Waals surface area (Å²) < 4.78 is 3.04. The van der Waals surface area contributed by atoms with Gasteiger partial charge in [-0.3, -0.25) is 4.98 Å². The van der Waals surface area contributed by atoms with E-state index in [9.17, 15) is 0 Å². The third-order valence-electron chi connectivity index (χ3n) is 2.98. The minimum atomic E-state index is 0.350. The second-order valence-corrected chi connectivity index (χ2v) is 5.82. The molecule has 0 bridgehead atoms. The lowest BCUT2D eigenvalue weighted by atomic mass is 10.2. The molecule has 0 aliphatic carbocycles. The molecule has 5 heteroatoms. The Morgan fingerprint density at radius 1 is 1.37 bits per heavy atom. The second-order valence-electron chi connectivity index (χ2n) is 4.90. The molecule has 2 aromatic rings. The van der Waals surface area contributed by atoms with Crippen LogP contribution in [-0.4, -0.2) is 14.5 Å². The molecule has 0 atom stereocenters. The van der Waals surface area contributed by atoms with E-state index in [0.717, 1.165) is 40.3 Å². The summed E-state index contributed by atoms with van der Waals surface area (Å²) in [5.74, 6) is 2.11. The highest BCUT2D eigenvalue weighted by Gasteiger charge is 2.18. The van der Waals surface area contributed by atoms with E-state index in [4.69, 9.17) is 10.7 Å². The van der Waals surface area contributed by atoms with Crippen LogP contribution in [-0.2, 0) is 6.54 Å². The Hall–Kier alpha value is -1.36. The highest BCUT2D eigenvalue weighted by atomic mass is 79.9. The number of nitrogens with zero attached hydrogens (tertiary/aromatic N) is 3. The van der Waals surface area contributed by atoms with Crippen LogP contribution in [0, 0.1) is 0 Å². The van der Waals surface area contributed by atoms with E-state index in [1.54, 1.807) is 12.4 Å². The molecule has 4 nitrogen and oxygen atoms in total. The fourth-order valence-electron chi connectivity index (χ4n) is 2.14. The minimum Gasteiger partial charge on any atom is -0.383 e. The van der Waals surface area contributed by atoms with Gasteiger partial charge < -0.3 is 10.3 Å². The van der Waals surface area contributed by atoms with Gasteiger partial charge in [0.15, 0.2) is 0 Å². The van der Waals surface area contributed by atoms with Gasteiger partial charge in [-0.05, 0) is 28.4 Å². The quantitative estimate of drug-likeness (QED) is 0.930. The third kappa shape index (κ3) is 2.81. The van der Waals surface area contributed by atoms with Crippen molar-refractivity contribution in [2.24, 2.45) is 0 Å². The topological polar surface area (TPSA) is 56.7 Å². The van der Waals surface area contributed by atoms with Crippen LogP contribution in [0.2, 0.25) is 0 Å². The van der Waals surface area contributed by atoms with Crippen molar-refractivity contribution in [3.05, 3.63) is 28.8 Å². The summed E-state index contributed by atoms with van der Waals surface area (Å²) >= 11 is 3.43. The van der Waals surface area contributed by atoms with Gasteiger partial charge in [-0.1, -0.05) is 20.8 Å². The molecule has 2 heterocycles. The van der Waals surface area contributed by atoms with E-state index < -0.39 is 0 Å². The SMILES string of the molecule is CCCn1c(C(C)C)nc(-c2cncc(Br)c2)c1N. The number of pyridine rings is 1. The molecular formula is C14H19BrN4. The normalized spacial score (nSPS) is 11.2. The van der Waals surface area contributed by atoms with Crippen molar-refractivity contribution < 1.29 is 0 Å². The molecular weight excluding hydrogens is 304 g/mol. The van der Waals surface area contributed by atoms with Gasteiger partial charge in [0.05, 0.1) is 0 Å². The molecule has 0 saturated carbocycles. The fraction of sp³-hybridized carbons (Fsp3) is 0.429. The maximum atomic E-state index is 6.27. The molecule has 2 N–H and O–H groups in total. The summed E-state index contributed by atoms with van der Waals surface area (Å²) in [4.78, 5) is 8.90. The van der Waals surface area contributed by atoms with E-state index in [1.807, 2.05) is 6.07 Å². The third-order valence-corrected chi connectivity index (χ3v) is 3.41. The number of imidazole rings is 1. The Morgan fingerprint density at radius 2 is 2.11 bits per heavy atom. The van der Waals surface area contributed by atoms with Crippen molar-refractivity contribution in [1.29, 1.82) is 0 Å². The largest absolute Gasteiger partial charge is 0.383 e. The molecule has 2 aromatic heterocycles. The monoisotopic (exact) mass is 322 g/mol. The summed E-state index contributed by atoms with van der Waals surface area (Å²) in [6, 6.07) is 1.99. The number of rotatable bonds is 4. The van der Waals surface area contributed by atoms with Crippen LogP contribution >= 0.6 is 15.9 Å². The van der Waals surface area contributed by atoms with Gasteiger partial charge in [-0.25, -0.2) is 4.98 Å². The van der Waals surface area contributed by atoms with Crippen LogP contribution in [0.5, 0.6) is 0 Å². The molecule has 0 saturated heterocycles. The van der Waals surface area contributed by atoms with Crippen molar-refractivity contribution in [2.75, 3.05) is 5.73 Å². The highest BCUT2D eigenvalue weighted by molar-refractivity contribution is 9.10. The molecule has 0 aromatic carbocycles. The Kier molecular flexibility index (Phi) is 4.24. The Morgan fingerprint density at radius 3 is 2.68 bits per heavy atom. The van der Waals surface area contributed by atoms with Crippen LogP contribution in [0.3, 0.4) is 0 Å². The first-order valence-corrected chi connectivity index (χ1v) is 7.30. The summed E-state index contributed by atoms with van der Waals surface area (Å²) in [6.07, 6.45) is 4.59. The van der Waals surface area contributed by atoms with Gasteiger partial charge in [0.25, 0.3) is 0 Å². The van der Waals surface area contributed by atoms with Crippen LogP contribution in [0.4, 0.5) is 5.82 Å². The summed E-state index contributed by atoms with van der Waals surface area (Å²) in [5.41, 5.74) is 8.04. The number of nitrogen functional groups attached to an aromatic ring is 1. The molecule has 102 valence electrons. The number of hydrogen-bond donors (Lipinski definition) is 1. The molecule has 0 spiro atoms. The number of nitrogens with two attached hydrogens (primary N) is 1. The van der Waals surface area contributed by atoms with E-state index in [1.165, 1.54) is 0 Å². The van der Waals surface area contributed by atoms with Crippen LogP contribution in [0.25, 0.3) is 11.3 Å². The number of hydrogen-bond acceptors (Lipinski definition) is 3. The van der Waals surface area contributed by atoms with Crippen molar-refractivity contribution >= 4 is 21.7 Å². The van der Waals surface area contributed by atoms with Crippen molar-refractivity contribution in [3.8, 4) is 11.3 Å². The van der Waals surface area contributed by atoms with E-state index >= 15 is 0 Å². The zero-order chi connectivity index (χ0) is 14.0. The Bertz CT molecular complexity index is 575. The zero-order valence-electron chi connectivity index (χ0n) is 11.5. The average Bonchev–Trinajstić information content (AvgIpc) is 2.68. The summed E-state index contributed by atoms with van der Waals surface area (Å²) in [7, 11) is 0. The predicted molar refractivity (Wildman–Crippen MR) is 82.0 cm³/mol. The molecule has 0 fully saturated rings. The van der Waals surface area contributed by atoms with Crippen LogP contribution in [0.15, 0.2) is 22.9 Å². The number of anilines is 1. The van der Waals surface area contributed by atoms with Gasteiger partial charge in [0, 0.05) is 34.9 Å². The lowest BCUT2D eigenvalue weighted by Gasteiger charge is -2.10. The summed E-state index contributed by atoms with van der Waals surface area (Å²) in [5, 5.41) is 0. The Balaban J connectivity index is 2.55. The van der Waals surface area contributed by atoms with Gasteiger partial charge >= 0.3 is 0 Å². The number of halogens is 1. The van der Waals surface area contributed by atoms with Crippen LogP contribution < -0.4 is 5.73 Å². The van der Waals surface area contributed by atoms with Gasteiger partial charge in [-0.2, -0.15) is 0 Å². The molecule has 0 radical (unpaired) electrons. The van der Waals surface area contributed by atoms with Crippen molar-refractivity contribution in [1.82, 2.24) is 14.5 Å². The molecule has 2 rings (SSSR count). The number of aromatic nitrogens is 3. The predicted octanol–water partition coefficient (Wildman–Crippen LogP) is 3.82. The standard InChI is InChI=1S/C14H19BrN4/c1-4-5-19-13(16)12(18-14(19)9(2)3)10-6-11(15)8-17-7-10/h6-9H,4-5,16H2,1-3H3. The Labute approximate surface area is 122 Å². The maximum Gasteiger partial charge on any atom is 0.131 e. The lowest BCUT2D eigenvalue weighted by Crippen LogP contribution is -2.08. The fourth-order valence-corrected chi connectivity index (χ4v) is 2.50. The first-order chi connectivity index (χ1) is 9.04. The first kappa shape index (κ1) is 14.1. The minimum absolute atomic E-state index is 0.350. The highest BCUT2D eigenvalue weighted by Crippen LogP contribution is 2.30. The zero-order valence-corrected chi connectivity index (χ0v) is 13.1. The first-order valence-electron chi connectivity index (χ1n) is 6.51. The van der Waals surface area contributed by atoms with Gasteiger partial charge in [0.2, 0.25) is 0 Å². The molecule has 19 heavy (non-hydrogen) atoms. The molecule has 0 aliphatic heterocycles. The molecule has 0 unspecified atom stereocenters. The van der Waals surface area contributed by atoms with E-state index in [0.29, 0.717) is 5.92 Å². The van der Waals surface area contributed by atoms with E-state index in [-0.39, 0.29) is 0 Å². The average molecular weight is 323 g/mol. The lowest BCUT2D eigenvalue weighted by molar-refractivity contribution is 0.616. The second kappa shape index (κ2) is 5.74. The molecule has 0 aliphatic rings. The van der Waals surface area contributed by atoms with Crippen molar-refractivity contribution in [3.63, 3.8) is 0 Å². The van der Waals surface area contributed by atoms with Gasteiger partial charge in [-0.15, -0.1) is 0 Å². The van der Waals surface area contributed by atoms with Crippen molar-refractivity contribution in [2.45, 2.75) is 39.7 Å². The van der Waals surface area contributed by atoms with Crippen LogP contribution in [0.1, 0.15) is 38.9 Å². The summed E-state index contributed by atoms with van der Waals surface area (Å²) in [6.45, 7) is 7.31. The van der Waals surface area contributed by atoms with E-state index in [2.05, 4.69) is 46.3 Å².